The summed E-state index contributed by atoms with van der Waals surface area (Å²) in [5.41, 5.74) is -0.815. The van der Waals surface area contributed by atoms with E-state index in [9.17, 15) is 9.90 Å². The number of rotatable bonds is 3. The summed E-state index contributed by atoms with van der Waals surface area (Å²) in [4.78, 5) is 11.2. The Hall–Kier alpha value is -0.610. The second-order valence-corrected chi connectivity index (χ2v) is 4.02. The highest BCUT2D eigenvalue weighted by atomic mass is 16.5. The van der Waals surface area contributed by atoms with Crippen LogP contribution in [-0.4, -0.2) is 36.4 Å². The molecule has 1 aliphatic heterocycles. The van der Waals surface area contributed by atoms with E-state index in [1.165, 1.54) is 0 Å². The number of amides is 1. The van der Waals surface area contributed by atoms with Crippen LogP contribution in [0.2, 0.25) is 0 Å². The molecule has 0 aromatic heterocycles. The van der Waals surface area contributed by atoms with E-state index in [1.807, 2.05) is 0 Å². The predicted molar refractivity (Wildman–Crippen MR) is 46.1 cm³/mol. The molecular formula is C9H15NO3. The summed E-state index contributed by atoms with van der Waals surface area (Å²) in [6.07, 6.45) is 2.62. The second kappa shape index (κ2) is 3.27. The number of hydrogen-bond donors (Lipinski definition) is 2. The van der Waals surface area contributed by atoms with Crippen molar-refractivity contribution in [2.24, 2.45) is 5.92 Å². The molecule has 1 amide bonds. The molecule has 0 aromatic carbocycles. The number of nitrogens with one attached hydrogen (secondary N) is 1. The highest BCUT2D eigenvalue weighted by Crippen LogP contribution is 2.29. The van der Waals surface area contributed by atoms with E-state index in [0.717, 1.165) is 12.8 Å². The highest BCUT2D eigenvalue weighted by molar-refractivity contribution is 5.80. The van der Waals surface area contributed by atoms with Crippen LogP contribution in [0.25, 0.3) is 0 Å². The second-order valence-electron chi connectivity index (χ2n) is 4.02. The molecule has 0 bridgehead atoms. The van der Waals surface area contributed by atoms with Crippen molar-refractivity contribution in [3.8, 4) is 0 Å². The standard InChI is InChI=1S/C9H15NO3/c11-8(7-1-2-7)10-5-9(12)3-4-13-6-9/h7,12H,1-6H2,(H,10,11). The van der Waals surface area contributed by atoms with Crippen LogP contribution in [0.5, 0.6) is 0 Å². The molecule has 13 heavy (non-hydrogen) atoms. The van der Waals surface area contributed by atoms with Crippen LogP contribution in [0, 0.1) is 5.92 Å². The zero-order valence-corrected chi connectivity index (χ0v) is 7.58. The molecule has 2 rings (SSSR count). The van der Waals surface area contributed by atoms with E-state index in [4.69, 9.17) is 4.74 Å². The fourth-order valence-electron chi connectivity index (χ4n) is 1.48. The van der Waals surface area contributed by atoms with Gasteiger partial charge in [-0.3, -0.25) is 4.79 Å². The summed E-state index contributed by atoms with van der Waals surface area (Å²) in [5, 5.41) is 12.6. The minimum atomic E-state index is -0.815. The maximum atomic E-state index is 11.2. The number of carbonyl (C=O) groups excluding carboxylic acids is 1. The summed E-state index contributed by atoms with van der Waals surface area (Å²) in [5.74, 6) is 0.297. The lowest BCUT2D eigenvalue weighted by atomic mass is 10.0. The Morgan fingerprint density at radius 2 is 2.38 bits per heavy atom. The molecule has 1 aliphatic carbocycles. The highest BCUT2D eigenvalue weighted by Gasteiger charge is 2.35. The molecule has 4 heteroatoms. The fraction of sp³-hybridized carbons (Fsp3) is 0.889. The van der Waals surface area contributed by atoms with Crippen LogP contribution >= 0.6 is 0 Å². The maximum Gasteiger partial charge on any atom is 0.223 e. The van der Waals surface area contributed by atoms with Crippen LogP contribution in [-0.2, 0) is 9.53 Å². The van der Waals surface area contributed by atoms with E-state index in [-0.39, 0.29) is 11.8 Å². The molecule has 0 radical (unpaired) electrons. The number of aliphatic hydroxyl groups is 1. The average molecular weight is 185 g/mol. The van der Waals surface area contributed by atoms with Crippen molar-refractivity contribution in [2.45, 2.75) is 24.9 Å². The molecule has 1 saturated heterocycles. The smallest absolute Gasteiger partial charge is 0.223 e. The summed E-state index contributed by atoms with van der Waals surface area (Å²) in [6.45, 7) is 1.27. The van der Waals surface area contributed by atoms with Crippen molar-refractivity contribution in [2.75, 3.05) is 19.8 Å². The maximum absolute atomic E-state index is 11.2. The van der Waals surface area contributed by atoms with E-state index in [0.29, 0.717) is 26.2 Å². The molecule has 1 unspecified atom stereocenters. The van der Waals surface area contributed by atoms with Crippen LogP contribution in [0.1, 0.15) is 19.3 Å². The SMILES string of the molecule is O=C(NCC1(O)CCOC1)C1CC1. The zero-order valence-electron chi connectivity index (χ0n) is 7.58. The summed E-state index contributed by atoms with van der Waals surface area (Å²) in [7, 11) is 0. The largest absolute Gasteiger partial charge is 0.386 e. The molecule has 1 saturated carbocycles. The normalized spacial score (nSPS) is 33.3. The molecule has 2 fully saturated rings. The van der Waals surface area contributed by atoms with Gasteiger partial charge in [0.15, 0.2) is 0 Å². The van der Waals surface area contributed by atoms with Gasteiger partial charge in [-0.2, -0.15) is 0 Å². The Kier molecular flexibility index (Phi) is 2.26. The molecule has 74 valence electrons. The van der Waals surface area contributed by atoms with E-state index in [1.54, 1.807) is 0 Å². The van der Waals surface area contributed by atoms with Crippen LogP contribution < -0.4 is 5.32 Å². The van der Waals surface area contributed by atoms with Gasteiger partial charge in [0.2, 0.25) is 5.91 Å². The lowest BCUT2D eigenvalue weighted by Gasteiger charge is -2.20. The lowest BCUT2D eigenvalue weighted by Crippen LogP contribution is -2.43. The molecular weight excluding hydrogens is 170 g/mol. The minimum Gasteiger partial charge on any atom is -0.386 e. The Morgan fingerprint density at radius 1 is 1.62 bits per heavy atom. The molecule has 1 atom stereocenters. The van der Waals surface area contributed by atoms with Gasteiger partial charge >= 0.3 is 0 Å². The lowest BCUT2D eigenvalue weighted by molar-refractivity contribution is -0.123. The first-order valence-corrected chi connectivity index (χ1v) is 4.77. The Bertz CT molecular complexity index is 207. The van der Waals surface area contributed by atoms with Crippen LogP contribution in [0.3, 0.4) is 0 Å². The minimum absolute atomic E-state index is 0.0836. The molecule has 0 aromatic rings. The summed E-state index contributed by atoms with van der Waals surface area (Å²) < 4.78 is 5.07. The predicted octanol–water partition coefficient (Wildman–Crippen LogP) is -0.336. The van der Waals surface area contributed by atoms with Crippen LogP contribution in [0.15, 0.2) is 0 Å². The first-order chi connectivity index (χ1) is 6.20. The van der Waals surface area contributed by atoms with Gasteiger partial charge in [0, 0.05) is 25.5 Å². The topological polar surface area (TPSA) is 58.6 Å². The average Bonchev–Trinajstić information content (AvgIpc) is 2.87. The third-order valence-electron chi connectivity index (χ3n) is 2.62. The summed E-state index contributed by atoms with van der Waals surface area (Å²) >= 11 is 0. The van der Waals surface area contributed by atoms with Gasteiger partial charge in [0.25, 0.3) is 0 Å². The van der Waals surface area contributed by atoms with Crippen molar-refractivity contribution in [1.29, 1.82) is 0 Å². The first-order valence-electron chi connectivity index (χ1n) is 4.77. The van der Waals surface area contributed by atoms with Gasteiger partial charge in [0.1, 0.15) is 5.60 Å². The van der Waals surface area contributed by atoms with Gasteiger partial charge in [-0.25, -0.2) is 0 Å². The van der Waals surface area contributed by atoms with E-state index in [2.05, 4.69) is 5.32 Å². The van der Waals surface area contributed by atoms with E-state index < -0.39 is 5.60 Å². The molecule has 4 nitrogen and oxygen atoms in total. The monoisotopic (exact) mass is 185 g/mol. The van der Waals surface area contributed by atoms with E-state index >= 15 is 0 Å². The Morgan fingerprint density at radius 3 is 2.92 bits per heavy atom. The third kappa shape index (κ3) is 2.19. The molecule has 0 spiro atoms. The van der Waals surface area contributed by atoms with Gasteiger partial charge < -0.3 is 15.2 Å². The number of carbonyl (C=O) groups is 1. The Labute approximate surface area is 77.3 Å². The van der Waals surface area contributed by atoms with Crippen LogP contribution in [0.4, 0.5) is 0 Å². The number of ether oxygens (including phenoxy) is 1. The van der Waals surface area contributed by atoms with Gasteiger partial charge in [-0.1, -0.05) is 0 Å². The number of hydrogen-bond acceptors (Lipinski definition) is 3. The first kappa shape index (κ1) is 8.97. The van der Waals surface area contributed by atoms with Crippen molar-refractivity contribution in [1.82, 2.24) is 5.32 Å². The van der Waals surface area contributed by atoms with Gasteiger partial charge in [-0.15, -0.1) is 0 Å². The molecule has 2 aliphatic rings. The fourth-order valence-corrected chi connectivity index (χ4v) is 1.48. The molecule has 1 heterocycles. The van der Waals surface area contributed by atoms with Crippen molar-refractivity contribution in [3.63, 3.8) is 0 Å². The third-order valence-corrected chi connectivity index (χ3v) is 2.62. The summed E-state index contributed by atoms with van der Waals surface area (Å²) in [6, 6.07) is 0. The quantitative estimate of drug-likeness (QED) is 0.632. The van der Waals surface area contributed by atoms with Crippen molar-refractivity contribution < 1.29 is 14.6 Å². The zero-order chi connectivity index (χ0) is 9.31. The Balaban J connectivity index is 1.74. The van der Waals surface area contributed by atoms with Gasteiger partial charge in [-0.05, 0) is 12.8 Å². The van der Waals surface area contributed by atoms with Crippen molar-refractivity contribution >= 4 is 5.91 Å². The van der Waals surface area contributed by atoms with Crippen molar-refractivity contribution in [3.05, 3.63) is 0 Å². The van der Waals surface area contributed by atoms with Gasteiger partial charge in [0.05, 0.1) is 6.61 Å². The molecule has 2 N–H and O–H groups in total.